The lowest BCUT2D eigenvalue weighted by Gasteiger charge is -2.39. The second-order valence-corrected chi connectivity index (χ2v) is 9.57. The summed E-state index contributed by atoms with van der Waals surface area (Å²) in [5.74, 6) is -0.198. The van der Waals surface area contributed by atoms with E-state index >= 15 is 4.39 Å². The maximum Gasteiger partial charge on any atom is 0.257 e. The normalized spacial score (nSPS) is 20.3. The van der Waals surface area contributed by atoms with Gasteiger partial charge in [-0.05, 0) is 42.0 Å². The van der Waals surface area contributed by atoms with Crippen LogP contribution in [0.1, 0.15) is 52.9 Å². The average Bonchev–Trinajstić information content (AvgIpc) is 3.44. The van der Waals surface area contributed by atoms with Crippen molar-refractivity contribution in [1.82, 2.24) is 19.7 Å². The number of nitrogen functional groups attached to an aromatic ring is 1. The zero-order chi connectivity index (χ0) is 23.6. The molecule has 2 aromatic carbocycles. The Morgan fingerprint density at radius 3 is 2.82 bits per heavy atom. The van der Waals surface area contributed by atoms with Gasteiger partial charge in [0.05, 0.1) is 35.9 Å². The third kappa shape index (κ3) is 3.32. The van der Waals surface area contributed by atoms with Crippen LogP contribution in [0.3, 0.4) is 0 Å². The van der Waals surface area contributed by atoms with Gasteiger partial charge in [-0.1, -0.05) is 19.1 Å². The van der Waals surface area contributed by atoms with Gasteiger partial charge < -0.3 is 15.4 Å². The molecule has 0 spiro atoms. The van der Waals surface area contributed by atoms with Crippen LogP contribution in [0.25, 0.3) is 21.8 Å². The van der Waals surface area contributed by atoms with Crippen molar-refractivity contribution in [1.29, 1.82) is 0 Å². The van der Waals surface area contributed by atoms with Gasteiger partial charge in [-0.15, -0.1) is 0 Å². The van der Waals surface area contributed by atoms with Crippen LogP contribution >= 0.6 is 0 Å². The SMILES string of the molecule is C[C@@H]1CC[C@@H](c2ccc3cn(C)nc3c2)N(C(=O)c2cc3c4c(c(N)nc3cc2F)COC4)C1. The summed E-state index contributed by atoms with van der Waals surface area (Å²) >= 11 is 0. The van der Waals surface area contributed by atoms with E-state index in [1.54, 1.807) is 10.7 Å². The number of ether oxygens (including phenoxy) is 1. The van der Waals surface area contributed by atoms with Crippen molar-refractivity contribution in [2.24, 2.45) is 13.0 Å². The van der Waals surface area contributed by atoms with E-state index in [-0.39, 0.29) is 17.5 Å². The molecule has 174 valence electrons. The Hall–Kier alpha value is -3.52. The fourth-order valence-electron chi connectivity index (χ4n) is 5.40. The van der Waals surface area contributed by atoms with Gasteiger partial charge in [0.2, 0.25) is 0 Å². The van der Waals surface area contributed by atoms with Crippen molar-refractivity contribution in [3.05, 3.63) is 64.6 Å². The van der Waals surface area contributed by atoms with E-state index in [9.17, 15) is 4.79 Å². The predicted molar refractivity (Wildman–Crippen MR) is 127 cm³/mol. The molecule has 4 aromatic rings. The second-order valence-electron chi connectivity index (χ2n) is 9.57. The summed E-state index contributed by atoms with van der Waals surface area (Å²) in [6.07, 6.45) is 3.79. The Labute approximate surface area is 196 Å². The molecule has 8 heteroatoms. The van der Waals surface area contributed by atoms with E-state index in [0.717, 1.165) is 45.8 Å². The Bertz CT molecular complexity index is 1460. The number of piperidine rings is 1. The third-order valence-electron chi connectivity index (χ3n) is 7.16. The van der Waals surface area contributed by atoms with Crippen LogP contribution in [0.15, 0.2) is 36.5 Å². The lowest BCUT2D eigenvalue weighted by molar-refractivity contribution is 0.0540. The molecule has 1 amide bonds. The number of nitrogens with zero attached hydrogens (tertiary/aromatic N) is 4. The summed E-state index contributed by atoms with van der Waals surface area (Å²) in [4.78, 5) is 20.0. The minimum Gasteiger partial charge on any atom is -0.383 e. The molecule has 7 nitrogen and oxygen atoms in total. The van der Waals surface area contributed by atoms with Crippen LogP contribution in [-0.4, -0.2) is 32.1 Å². The molecule has 0 saturated carbocycles. The topological polar surface area (TPSA) is 86.3 Å². The molecule has 4 heterocycles. The van der Waals surface area contributed by atoms with E-state index in [2.05, 4.69) is 23.1 Å². The van der Waals surface area contributed by atoms with Gasteiger partial charge in [-0.3, -0.25) is 9.48 Å². The Kier molecular flexibility index (Phi) is 4.81. The second kappa shape index (κ2) is 7.77. The Morgan fingerprint density at radius 1 is 1.15 bits per heavy atom. The van der Waals surface area contributed by atoms with Gasteiger partial charge in [0, 0.05) is 42.2 Å². The van der Waals surface area contributed by atoms with Crippen LogP contribution in [0.4, 0.5) is 10.2 Å². The monoisotopic (exact) mass is 459 g/mol. The standard InChI is InChI=1S/C26H26FN5O2/c1-14-3-6-24(15-4-5-16-11-31(2)30-22(16)7-15)32(10-14)26(33)18-8-17-19-12-34-13-20(19)25(28)29-23(17)9-21(18)27/h4-5,7-9,11,14,24H,3,6,10,12-13H2,1-2H3,(H2,28,29)/t14-,24+/m1/s1. The van der Waals surface area contributed by atoms with E-state index in [0.29, 0.717) is 37.0 Å². The number of aromatic nitrogens is 3. The number of halogens is 1. The molecule has 0 aliphatic carbocycles. The molecular weight excluding hydrogens is 433 g/mol. The van der Waals surface area contributed by atoms with Crippen molar-refractivity contribution in [2.75, 3.05) is 12.3 Å². The van der Waals surface area contributed by atoms with Crippen molar-refractivity contribution < 1.29 is 13.9 Å². The number of benzene rings is 2. The largest absolute Gasteiger partial charge is 0.383 e. The highest BCUT2D eigenvalue weighted by atomic mass is 19.1. The number of hydrogen-bond donors (Lipinski definition) is 1. The van der Waals surface area contributed by atoms with Gasteiger partial charge >= 0.3 is 0 Å². The van der Waals surface area contributed by atoms with E-state index in [1.807, 2.05) is 30.3 Å². The van der Waals surface area contributed by atoms with Crippen molar-refractivity contribution >= 4 is 33.5 Å². The first kappa shape index (κ1) is 21.0. The first-order valence-corrected chi connectivity index (χ1v) is 11.6. The molecular formula is C26H26FN5O2. The third-order valence-corrected chi connectivity index (χ3v) is 7.16. The number of anilines is 1. The maximum absolute atomic E-state index is 15.3. The summed E-state index contributed by atoms with van der Waals surface area (Å²) in [5, 5.41) is 6.30. The van der Waals surface area contributed by atoms with Gasteiger partial charge in [0.1, 0.15) is 11.6 Å². The zero-order valence-corrected chi connectivity index (χ0v) is 19.2. The summed E-state index contributed by atoms with van der Waals surface area (Å²) in [6, 6.07) is 8.95. The molecule has 0 unspecified atom stereocenters. The van der Waals surface area contributed by atoms with Crippen molar-refractivity contribution in [3.8, 4) is 0 Å². The number of rotatable bonds is 2. The molecule has 2 N–H and O–H groups in total. The molecule has 6 rings (SSSR count). The van der Waals surface area contributed by atoms with E-state index < -0.39 is 5.82 Å². The number of pyridine rings is 1. The maximum atomic E-state index is 15.3. The minimum absolute atomic E-state index is 0.0613. The Morgan fingerprint density at radius 2 is 1.97 bits per heavy atom. The number of aryl methyl sites for hydroxylation is 1. The van der Waals surface area contributed by atoms with Gasteiger partial charge in [-0.25, -0.2) is 9.37 Å². The highest BCUT2D eigenvalue weighted by Gasteiger charge is 2.33. The van der Waals surface area contributed by atoms with Crippen LogP contribution in [0, 0.1) is 11.7 Å². The first-order chi connectivity index (χ1) is 16.4. The molecule has 2 aliphatic rings. The number of likely N-dealkylation sites (tertiary alicyclic amines) is 1. The lowest BCUT2D eigenvalue weighted by Crippen LogP contribution is -2.42. The molecule has 1 fully saturated rings. The molecule has 0 radical (unpaired) electrons. The number of fused-ring (bicyclic) bond motifs is 4. The number of carbonyl (C=O) groups excluding carboxylic acids is 1. The summed E-state index contributed by atoms with van der Waals surface area (Å²) < 4.78 is 22.6. The molecule has 2 atom stereocenters. The summed E-state index contributed by atoms with van der Waals surface area (Å²) in [6.45, 7) is 3.46. The fraction of sp³-hybridized carbons (Fsp3) is 0.346. The van der Waals surface area contributed by atoms with Gasteiger partial charge in [0.15, 0.2) is 0 Å². The molecule has 2 aliphatic heterocycles. The molecule has 0 bridgehead atoms. The van der Waals surface area contributed by atoms with Crippen molar-refractivity contribution in [3.63, 3.8) is 0 Å². The summed E-state index contributed by atoms with van der Waals surface area (Å²) in [5.41, 5.74) is 10.2. The average molecular weight is 460 g/mol. The first-order valence-electron chi connectivity index (χ1n) is 11.6. The van der Waals surface area contributed by atoms with Crippen LogP contribution < -0.4 is 5.73 Å². The molecule has 1 saturated heterocycles. The number of amides is 1. The van der Waals surface area contributed by atoms with Crippen LogP contribution in [0.2, 0.25) is 0 Å². The fourth-order valence-corrected chi connectivity index (χ4v) is 5.40. The smallest absolute Gasteiger partial charge is 0.257 e. The van der Waals surface area contributed by atoms with Crippen LogP contribution in [0.5, 0.6) is 0 Å². The minimum atomic E-state index is -0.583. The van der Waals surface area contributed by atoms with Gasteiger partial charge in [-0.2, -0.15) is 5.10 Å². The number of carbonyl (C=O) groups is 1. The Balaban J connectivity index is 1.43. The predicted octanol–water partition coefficient (Wildman–Crippen LogP) is 4.49. The van der Waals surface area contributed by atoms with Crippen molar-refractivity contribution in [2.45, 2.75) is 39.0 Å². The van der Waals surface area contributed by atoms with Crippen LogP contribution in [-0.2, 0) is 25.0 Å². The lowest BCUT2D eigenvalue weighted by atomic mass is 9.89. The zero-order valence-electron chi connectivity index (χ0n) is 19.2. The summed E-state index contributed by atoms with van der Waals surface area (Å²) in [7, 11) is 1.89. The van der Waals surface area contributed by atoms with E-state index in [4.69, 9.17) is 10.5 Å². The van der Waals surface area contributed by atoms with Gasteiger partial charge in [0.25, 0.3) is 5.91 Å². The molecule has 2 aromatic heterocycles. The molecule has 34 heavy (non-hydrogen) atoms. The quantitative estimate of drug-likeness (QED) is 0.477. The van der Waals surface area contributed by atoms with E-state index in [1.165, 1.54) is 6.07 Å². The highest BCUT2D eigenvalue weighted by molar-refractivity contribution is 6.00. The number of hydrogen-bond acceptors (Lipinski definition) is 5. The highest BCUT2D eigenvalue weighted by Crippen LogP contribution is 2.37. The number of nitrogens with two attached hydrogens (primary N) is 1.